The predicted octanol–water partition coefficient (Wildman–Crippen LogP) is 2.84. The summed E-state index contributed by atoms with van der Waals surface area (Å²) in [5.41, 5.74) is 2.24. The van der Waals surface area contributed by atoms with Gasteiger partial charge in [-0.3, -0.25) is 4.79 Å². The maximum atomic E-state index is 12.4. The molecule has 0 fully saturated rings. The quantitative estimate of drug-likeness (QED) is 0.947. The van der Waals surface area contributed by atoms with Crippen LogP contribution in [0.2, 0.25) is 0 Å². The maximum absolute atomic E-state index is 12.4. The number of aryl methyl sites for hydroxylation is 1. The van der Waals surface area contributed by atoms with Crippen LogP contribution in [0, 0.1) is 6.92 Å². The number of hydrogen-bond acceptors (Lipinski definition) is 3. The van der Waals surface area contributed by atoms with Crippen LogP contribution in [0.15, 0.2) is 48.5 Å². The average Bonchev–Trinajstić information content (AvgIpc) is 2.52. The molecule has 1 N–H and O–H groups in total. The summed E-state index contributed by atoms with van der Waals surface area (Å²) in [5, 5.41) is 2.91. The van der Waals surface area contributed by atoms with E-state index in [1.165, 1.54) is 5.56 Å². The molecule has 0 unspecified atom stereocenters. The number of amides is 1. The minimum Gasteiger partial charge on any atom is -0.482 e. The molecule has 0 spiro atoms. The summed E-state index contributed by atoms with van der Waals surface area (Å²) in [4.78, 5) is 12.4. The highest BCUT2D eigenvalue weighted by Crippen LogP contribution is 2.33. The van der Waals surface area contributed by atoms with E-state index in [4.69, 9.17) is 9.47 Å². The van der Waals surface area contributed by atoms with Gasteiger partial charge in [-0.2, -0.15) is 0 Å². The molecule has 0 saturated heterocycles. The number of hydrogen-bond donors (Lipinski definition) is 1. The molecule has 4 nitrogen and oxygen atoms in total. The molecule has 1 heterocycles. The van der Waals surface area contributed by atoms with Crippen molar-refractivity contribution in [3.05, 3.63) is 59.7 Å². The van der Waals surface area contributed by atoms with Crippen LogP contribution in [-0.4, -0.2) is 18.1 Å². The summed E-state index contributed by atoms with van der Waals surface area (Å²) >= 11 is 0. The van der Waals surface area contributed by atoms with Crippen LogP contribution in [0.25, 0.3) is 0 Å². The molecule has 0 bridgehead atoms. The van der Waals surface area contributed by atoms with Gasteiger partial charge in [-0.25, -0.2) is 0 Å². The first kappa shape index (κ1) is 14.4. The molecule has 22 heavy (non-hydrogen) atoms. The molecule has 0 radical (unpaired) electrons. The van der Waals surface area contributed by atoms with Gasteiger partial charge in [0.25, 0.3) is 5.91 Å². The molecule has 2 atom stereocenters. The number of carbonyl (C=O) groups is 1. The van der Waals surface area contributed by atoms with Crippen LogP contribution in [0.5, 0.6) is 11.5 Å². The number of rotatable bonds is 3. The topological polar surface area (TPSA) is 47.6 Å². The fraction of sp³-hybridized carbons (Fsp3) is 0.278. The summed E-state index contributed by atoms with van der Waals surface area (Å²) in [7, 11) is 0. The SMILES string of the molecule is Cc1cccc(CNC(=O)[C@@H]2Oc3ccccc3O[C@@H]2C)c1. The van der Waals surface area contributed by atoms with Crippen molar-refractivity contribution in [2.24, 2.45) is 0 Å². The van der Waals surface area contributed by atoms with Crippen LogP contribution in [0.3, 0.4) is 0 Å². The molecule has 1 aliphatic rings. The van der Waals surface area contributed by atoms with Crippen molar-refractivity contribution in [2.45, 2.75) is 32.6 Å². The van der Waals surface area contributed by atoms with Crippen LogP contribution in [0.4, 0.5) is 0 Å². The van der Waals surface area contributed by atoms with Gasteiger partial charge in [0, 0.05) is 6.54 Å². The van der Waals surface area contributed by atoms with Gasteiger partial charge in [-0.15, -0.1) is 0 Å². The summed E-state index contributed by atoms with van der Waals surface area (Å²) in [6, 6.07) is 15.4. The molecule has 3 rings (SSSR count). The molecule has 1 aliphatic heterocycles. The summed E-state index contributed by atoms with van der Waals surface area (Å²) < 4.78 is 11.5. The standard InChI is InChI=1S/C18H19NO3/c1-12-6-5-7-14(10-12)11-19-18(20)17-13(2)21-15-8-3-4-9-16(15)22-17/h3-10,13,17H,11H2,1-2H3,(H,19,20)/t13-,17-/m1/s1. The Labute approximate surface area is 130 Å². The van der Waals surface area contributed by atoms with E-state index in [1.807, 2.05) is 56.3 Å². The summed E-state index contributed by atoms with van der Waals surface area (Å²) in [6.45, 7) is 4.35. The highest BCUT2D eigenvalue weighted by Gasteiger charge is 2.33. The zero-order valence-corrected chi connectivity index (χ0v) is 12.7. The largest absolute Gasteiger partial charge is 0.482 e. The molecule has 114 valence electrons. The van der Waals surface area contributed by atoms with Crippen molar-refractivity contribution in [2.75, 3.05) is 0 Å². The summed E-state index contributed by atoms with van der Waals surface area (Å²) in [5.74, 6) is 1.12. The second-order valence-electron chi connectivity index (χ2n) is 5.52. The lowest BCUT2D eigenvalue weighted by atomic mass is 10.1. The molecule has 0 saturated carbocycles. The maximum Gasteiger partial charge on any atom is 0.265 e. The van der Waals surface area contributed by atoms with Gasteiger partial charge >= 0.3 is 0 Å². The fourth-order valence-electron chi connectivity index (χ4n) is 2.52. The van der Waals surface area contributed by atoms with Gasteiger partial charge in [-0.05, 0) is 31.5 Å². The van der Waals surface area contributed by atoms with E-state index in [9.17, 15) is 4.79 Å². The molecule has 1 amide bonds. The first-order chi connectivity index (χ1) is 10.6. The van der Waals surface area contributed by atoms with E-state index < -0.39 is 6.10 Å². The lowest BCUT2D eigenvalue weighted by Crippen LogP contribution is -2.48. The van der Waals surface area contributed by atoms with Crippen LogP contribution >= 0.6 is 0 Å². The Hall–Kier alpha value is -2.49. The first-order valence-corrected chi connectivity index (χ1v) is 7.39. The molecule has 0 aliphatic carbocycles. The predicted molar refractivity (Wildman–Crippen MR) is 84.0 cm³/mol. The van der Waals surface area contributed by atoms with Crippen LogP contribution in [0.1, 0.15) is 18.1 Å². The number of fused-ring (bicyclic) bond motifs is 1. The molecule has 2 aromatic carbocycles. The van der Waals surface area contributed by atoms with E-state index in [-0.39, 0.29) is 12.0 Å². The van der Waals surface area contributed by atoms with Gasteiger partial charge in [0.1, 0.15) is 6.10 Å². The van der Waals surface area contributed by atoms with Gasteiger partial charge in [0.2, 0.25) is 6.10 Å². The minimum absolute atomic E-state index is 0.163. The number of carbonyl (C=O) groups excluding carboxylic acids is 1. The van der Waals surface area contributed by atoms with Gasteiger partial charge in [-0.1, -0.05) is 42.0 Å². The van der Waals surface area contributed by atoms with Crippen LogP contribution < -0.4 is 14.8 Å². The van der Waals surface area contributed by atoms with E-state index >= 15 is 0 Å². The number of nitrogens with one attached hydrogen (secondary N) is 1. The molecule has 0 aromatic heterocycles. The lowest BCUT2D eigenvalue weighted by molar-refractivity contribution is -0.133. The Morgan fingerprint density at radius 3 is 2.55 bits per heavy atom. The summed E-state index contributed by atoms with van der Waals surface area (Å²) in [6.07, 6.45) is -0.966. The molecular formula is C18H19NO3. The van der Waals surface area contributed by atoms with E-state index in [0.717, 1.165) is 5.56 Å². The van der Waals surface area contributed by atoms with Crippen molar-refractivity contribution in [1.82, 2.24) is 5.32 Å². The Morgan fingerprint density at radius 1 is 1.09 bits per heavy atom. The smallest absolute Gasteiger partial charge is 0.265 e. The normalized spacial score (nSPS) is 19.5. The van der Waals surface area contributed by atoms with Crippen LogP contribution in [-0.2, 0) is 11.3 Å². The Bertz CT molecular complexity index is 684. The number of para-hydroxylation sites is 2. The van der Waals surface area contributed by atoms with E-state index in [0.29, 0.717) is 18.0 Å². The van der Waals surface area contributed by atoms with Gasteiger partial charge < -0.3 is 14.8 Å². The average molecular weight is 297 g/mol. The highest BCUT2D eigenvalue weighted by molar-refractivity contribution is 5.82. The molecular weight excluding hydrogens is 278 g/mol. The van der Waals surface area contributed by atoms with Crippen molar-refractivity contribution in [3.8, 4) is 11.5 Å². The third-order valence-electron chi connectivity index (χ3n) is 3.65. The zero-order valence-electron chi connectivity index (χ0n) is 12.7. The fourth-order valence-corrected chi connectivity index (χ4v) is 2.52. The molecule has 4 heteroatoms. The van der Waals surface area contributed by atoms with E-state index in [2.05, 4.69) is 11.4 Å². The lowest BCUT2D eigenvalue weighted by Gasteiger charge is -2.31. The van der Waals surface area contributed by atoms with Crippen molar-refractivity contribution in [1.29, 1.82) is 0 Å². The monoisotopic (exact) mass is 297 g/mol. The number of benzene rings is 2. The van der Waals surface area contributed by atoms with E-state index in [1.54, 1.807) is 0 Å². The third kappa shape index (κ3) is 3.06. The number of ether oxygens (including phenoxy) is 2. The van der Waals surface area contributed by atoms with Crippen molar-refractivity contribution >= 4 is 5.91 Å². The third-order valence-corrected chi connectivity index (χ3v) is 3.65. The first-order valence-electron chi connectivity index (χ1n) is 7.39. The Morgan fingerprint density at radius 2 is 1.82 bits per heavy atom. The Balaban J connectivity index is 1.65. The van der Waals surface area contributed by atoms with Gasteiger partial charge in [0.05, 0.1) is 0 Å². The second kappa shape index (κ2) is 6.10. The molecule has 2 aromatic rings. The Kier molecular flexibility index (Phi) is 4.00. The zero-order chi connectivity index (χ0) is 15.5. The van der Waals surface area contributed by atoms with Gasteiger partial charge in [0.15, 0.2) is 11.5 Å². The highest BCUT2D eigenvalue weighted by atomic mass is 16.6. The second-order valence-corrected chi connectivity index (χ2v) is 5.52. The minimum atomic E-state index is -0.639. The van der Waals surface area contributed by atoms with Crippen molar-refractivity contribution < 1.29 is 14.3 Å². The van der Waals surface area contributed by atoms with Crippen molar-refractivity contribution in [3.63, 3.8) is 0 Å².